The summed E-state index contributed by atoms with van der Waals surface area (Å²) < 4.78 is 5.98. The molecule has 2 rings (SSSR count). The van der Waals surface area contributed by atoms with Crippen molar-refractivity contribution in [2.75, 3.05) is 13.2 Å². The maximum Gasteiger partial charge on any atom is 0.126 e. The highest BCUT2D eigenvalue weighted by molar-refractivity contribution is 5.48. The lowest BCUT2D eigenvalue weighted by molar-refractivity contribution is 0.198. The number of hydrogen-bond donors (Lipinski definition) is 1. The Morgan fingerprint density at radius 2 is 1.42 bits per heavy atom. The monoisotopic (exact) mass is 332 g/mol. The summed E-state index contributed by atoms with van der Waals surface area (Å²) >= 11 is 0. The maximum atomic E-state index is 9.18. The van der Waals surface area contributed by atoms with E-state index in [4.69, 9.17) is 4.74 Å². The lowest BCUT2D eigenvalue weighted by atomic mass is 9.82. The van der Waals surface area contributed by atoms with Gasteiger partial charge in [-0.05, 0) is 47.3 Å². The van der Waals surface area contributed by atoms with E-state index >= 15 is 0 Å². The number of aliphatic hydroxyl groups is 1. The highest BCUT2D eigenvalue weighted by Gasteiger charge is 2.21. The average molecular weight is 333 g/mol. The van der Waals surface area contributed by atoms with Gasteiger partial charge in [0, 0.05) is 0 Å². The van der Waals surface area contributed by atoms with Crippen LogP contribution in [0, 0.1) is 0 Å². The van der Waals surface area contributed by atoms with Crippen LogP contribution in [0.3, 0.4) is 0 Å². The summed E-state index contributed by atoms with van der Waals surface area (Å²) in [5.41, 5.74) is 4.14. The second kappa shape index (κ2) is 9.46. The topological polar surface area (TPSA) is 29.5 Å². The standard InChI is InChI=1S/C22H36O2/c1-16(2)20-14-19(18-10-8-6-5-7-9-11-18)15-21(17(3)4)22(20)24-13-12-23/h14-18,23H,5-13H2,1-4H3. The molecule has 1 fully saturated rings. The molecule has 24 heavy (non-hydrogen) atoms. The molecule has 0 heterocycles. The van der Waals surface area contributed by atoms with Crippen LogP contribution in [0.25, 0.3) is 0 Å². The smallest absolute Gasteiger partial charge is 0.126 e. The Hall–Kier alpha value is -1.02. The third-order valence-electron chi connectivity index (χ3n) is 5.33. The van der Waals surface area contributed by atoms with Crippen LogP contribution in [0.1, 0.15) is 107 Å². The van der Waals surface area contributed by atoms with Gasteiger partial charge in [-0.3, -0.25) is 0 Å². The Morgan fingerprint density at radius 3 is 1.88 bits per heavy atom. The predicted octanol–water partition coefficient (Wildman–Crippen LogP) is 6.13. The number of benzene rings is 1. The minimum absolute atomic E-state index is 0.0689. The third kappa shape index (κ3) is 4.99. The molecule has 1 saturated carbocycles. The molecular formula is C22H36O2. The first-order chi connectivity index (χ1) is 11.5. The van der Waals surface area contributed by atoms with E-state index in [9.17, 15) is 5.11 Å². The molecular weight excluding hydrogens is 296 g/mol. The number of aliphatic hydroxyl groups excluding tert-OH is 1. The van der Waals surface area contributed by atoms with Crippen LogP contribution in [0.4, 0.5) is 0 Å². The summed E-state index contributed by atoms with van der Waals surface area (Å²) in [5.74, 6) is 2.59. The highest BCUT2D eigenvalue weighted by atomic mass is 16.5. The Morgan fingerprint density at radius 1 is 0.917 bits per heavy atom. The van der Waals surface area contributed by atoms with Gasteiger partial charge in [-0.25, -0.2) is 0 Å². The van der Waals surface area contributed by atoms with Crippen LogP contribution in [0.5, 0.6) is 5.75 Å². The second-order valence-corrected chi connectivity index (χ2v) is 7.95. The van der Waals surface area contributed by atoms with Gasteiger partial charge in [0.1, 0.15) is 12.4 Å². The summed E-state index contributed by atoms with van der Waals surface area (Å²) in [4.78, 5) is 0. The van der Waals surface area contributed by atoms with Gasteiger partial charge in [0.15, 0.2) is 0 Å². The van der Waals surface area contributed by atoms with Crippen molar-refractivity contribution in [1.82, 2.24) is 0 Å². The number of rotatable bonds is 6. The van der Waals surface area contributed by atoms with Gasteiger partial charge >= 0.3 is 0 Å². The average Bonchev–Trinajstić information content (AvgIpc) is 2.51. The summed E-state index contributed by atoms with van der Waals surface area (Å²) in [6, 6.07) is 4.80. The molecule has 0 atom stereocenters. The molecule has 1 aromatic rings. The van der Waals surface area contributed by atoms with E-state index in [-0.39, 0.29) is 6.61 Å². The Kier molecular flexibility index (Phi) is 7.61. The van der Waals surface area contributed by atoms with Crippen LogP contribution in [0.2, 0.25) is 0 Å². The summed E-state index contributed by atoms with van der Waals surface area (Å²) in [6.45, 7) is 9.42. The highest BCUT2D eigenvalue weighted by Crippen LogP contribution is 2.40. The molecule has 136 valence electrons. The van der Waals surface area contributed by atoms with Gasteiger partial charge in [0.2, 0.25) is 0 Å². The van der Waals surface area contributed by atoms with Gasteiger partial charge in [0.05, 0.1) is 6.61 Å². The van der Waals surface area contributed by atoms with Crippen molar-refractivity contribution in [2.24, 2.45) is 0 Å². The minimum atomic E-state index is 0.0689. The number of ether oxygens (including phenoxy) is 1. The lowest BCUT2D eigenvalue weighted by Crippen LogP contribution is -2.11. The minimum Gasteiger partial charge on any atom is -0.491 e. The van der Waals surface area contributed by atoms with Crippen molar-refractivity contribution < 1.29 is 9.84 Å². The van der Waals surface area contributed by atoms with Gasteiger partial charge < -0.3 is 9.84 Å². The molecule has 0 aliphatic heterocycles. The number of hydrogen-bond acceptors (Lipinski definition) is 2. The fourth-order valence-electron chi connectivity index (χ4n) is 3.90. The van der Waals surface area contributed by atoms with Crippen LogP contribution in [0.15, 0.2) is 12.1 Å². The molecule has 2 heteroatoms. The molecule has 0 unspecified atom stereocenters. The first-order valence-corrected chi connectivity index (χ1v) is 9.96. The Balaban J connectivity index is 2.40. The van der Waals surface area contributed by atoms with Gasteiger partial charge in [-0.1, -0.05) is 71.9 Å². The molecule has 0 spiro atoms. The molecule has 2 nitrogen and oxygen atoms in total. The van der Waals surface area contributed by atoms with Crippen molar-refractivity contribution in [3.8, 4) is 5.75 Å². The van der Waals surface area contributed by atoms with E-state index in [1.54, 1.807) is 0 Å². The SMILES string of the molecule is CC(C)c1cc(C2CCCCCCC2)cc(C(C)C)c1OCCO. The van der Waals surface area contributed by atoms with Crippen LogP contribution in [-0.2, 0) is 0 Å². The zero-order valence-corrected chi connectivity index (χ0v) is 16.1. The Labute approximate surface area is 148 Å². The van der Waals surface area contributed by atoms with Crippen LogP contribution < -0.4 is 4.74 Å². The van der Waals surface area contributed by atoms with Crippen LogP contribution >= 0.6 is 0 Å². The van der Waals surface area contributed by atoms with E-state index in [2.05, 4.69) is 39.8 Å². The van der Waals surface area contributed by atoms with E-state index in [0.29, 0.717) is 24.4 Å². The zero-order valence-electron chi connectivity index (χ0n) is 16.1. The van der Waals surface area contributed by atoms with E-state index in [1.807, 2.05) is 0 Å². The van der Waals surface area contributed by atoms with Crippen molar-refractivity contribution in [3.63, 3.8) is 0 Å². The molecule has 0 bridgehead atoms. The van der Waals surface area contributed by atoms with E-state index < -0.39 is 0 Å². The predicted molar refractivity (Wildman–Crippen MR) is 102 cm³/mol. The van der Waals surface area contributed by atoms with Crippen molar-refractivity contribution in [1.29, 1.82) is 0 Å². The molecule has 1 aliphatic carbocycles. The molecule has 1 N–H and O–H groups in total. The van der Waals surface area contributed by atoms with E-state index in [1.165, 1.54) is 61.6 Å². The van der Waals surface area contributed by atoms with Gasteiger partial charge in [0.25, 0.3) is 0 Å². The molecule has 0 amide bonds. The molecule has 1 aromatic carbocycles. The van der Waals surface area contributed by atoms with Gasteiger partial charge in [-0.2, -0.15) is 0 Å². The maximum absolute atomic E-state index is 9.18. The molecule has 0 aromatic heterocycles. The van der Waals surface area contributed by atoms with Crippen LogP contribution in [-0.4, -0.2) is 18.3 Å². The van der Waals surface area contributed by atoms with Crippen molar-refractivity contribution in [3.05, 3.63) is 28.8 Å². The summed E-state index contributed by atoms with van der Waals surface area (Å²) in [6.07, 6.45) is 9.57. The van der Waals surface area contributed by atoms with Crippen molar-refractivity contribution in [2.45, 2.75) is 90.4 Å². The molecule has 1 aliphatic rings. The first kappa shape index (κ1) is 19.3. The summed E-state index contributed by atoms with van der Waals surface area (Å²) in [7, 11) is 0. The third-order valence-corrected chi connectivity index (χ3v) is 5.33. The molecule has 0 saturated heterocycles. The Bertz CT molecular complexity index is 468. The molecule has 0 radical (unpaired) electrons. The fraction of sp³-hybridized carbons (Fsp3) is 0.727. The van der Waals surface area contributed by atoms with Gasteiger partial charge in [-0.15, -0.1) is 0 Å². The second-order valence-electron chi connectivity index (χ2n) is 7.95. The normalized spacial score (nSPS) is 17.1. The lowest BCUT2D eigenvalue weighted by Gasteiger charge is -2.26. The first-order valence-electron chi connectivity index (χ1n) is 9.96. The summed E-state index contributed by atoms with van der Waals surface area (Å²) in [5, 5.41) is 9.18. The quantitative estimate of drug-likeness (QED) is 0.678. The van der Waals surface area contributed by atoms with Crippen molar-refractivity contribution >= 4 is 0 Å². The largest absolute Gasteiger partial charge is 0.491 e. The fourth-order valence-corrected chi connectivity index (χ4v) is 3.90. The zero-order chi connectivity index (χ0) is 17.5. The van der Waals surface area contributed by atoms with E-state index in [0.717, 1.165) is 5.75 Å².